The Bertz CT molecular complexity index is 646. The molecule has 0 amide bonds. The Hall–Kier alpha value is -1.88. The average molecular weight is 358 g/mol. The van der Waals surface area contributed by atoms with Crippen LogP contribution in [0.1, 0.15) is 56.6 Å². The van der Waals surface area contributed by atoms with Gasteiger partial charge in [0.1, 0.15) is 6.10 Å². The maximum absolute atomic E-state index is 12.1. The van der Waals surface area contributed by atoms with Crippen LogP contribution in [0.3, 0.4) is 0 Å². The van der Waals surface area contributed by atoms with Crippen LogP contribution in [0.2, 0.25) is 0 Å². The third-order valence-electron chi connectivity index (χ3n) is 5.83. The number of carbonyl (C=O) groups is 1. The van der Waals surface area contributed by atoms with E-state index in [1.165, 1.54) is 18.4 Å². The summed E-state index contributed by atoms with van der Waals surface area (Å²) in [5.41, 5.74) is 2.53. The van der Waals surface area contributed by atoms with Gasteiger partial charge in [0.05, 0.1) is 11.1 Å². The fourth-order valence-electron chi connectivity index (χ4n) is 3.98. The van der Waals surface area contributed by atoms with Gasteiger partial charge >= 0.3 is 5.97 Å². The molecule has 5 heteroatoms. The smallest absolute Gasteiger partial charge is 0.309 e. The van der Waals surface area contributed by atoms with Crippen molar-refractivity contribution in [3.8, 4) is 0 Å². The zero-order chi connectivity index (χ0) is 18.6. The van der Waals surface area contributed by atoms with Gasteiger partial charge in [0.25, 0.3) is 0 Å². The van der Waals surface area contributed by atoms with Crippen LogP contribution in [0.4, 0.5) is 0 Å². The van der Waals surface area contributed by atoms with Crippen LogP contribution in [0, 0.1) is 12.3 Å². The van der Waals surface area contributed by atoms with Gasteiger partial charge in [-0.05, 0) is 51.4 Å². The first kappa shape index (κ1) is 18.9. The van der Waals surface area contributed by atoms with Gasteiger partial charge in [-0.1, -0.05) is 48.3 Å². The van der Waals surface area contributed by atoms with Gasteiger partial charge in [0.2, 0.25) is 0 Å². The summed E-state index contributed by atoms with van der Waals surface area (Å²) < 4.78 is 0. The summed E-state index contributed by atoms with van der Waals surface area (Å²) in [7, 11) is 0. The number of carboxylic acids is 1. The Morgan fingerprint density at radius 3 is 2.62 bits per heavy atom. The van der Waals surface area contributed by atoms with Crippen LogP contribution in [-0.4, -0.2) is 47.4 Å². The Labute approximate surface area is 156 Å². The highest BCUT2D eigenvalue weighted by Crippen LogP contribution is 2.39. The molecule has 1 aromatic carbocycles. The minimum Gasteiger partial charge on any atom is -0.481 e. The van der Waals surface area contributed by atoms with E-state index in [-0.39, 0.29) is 6.10 Å². The van der Waals surface area contributed by atoms with Gasteiger partial charge in [-0.15, -0.1) is 0 Å². The molecule has 1 N–H and O–H groups in total. The highest BCUT2D eigenvalue weighted by atomic mass is 16.6. The van der Waals surface area contributed by atoms with Crippen molar-refractivity contribution in [1.29, 1.82) is 0 Å². The fraction of sp³-hybridized carbons (Fsp3) is 0.619. The summed E-state index contributed by atoms with van der Waals surface area (Å²) in [6, 6.07) is 8.24. The average Bonchev–Trinajstić information content (AvgIpc) is 3.10. The second kappa shape index (κ2) is 8.21. The largest absolute Gasteiger partial charge is 0.481 e. The molecule has 1 atom stereocenters. The first-order valence-electron chi connectivity index (χ1n) is 9.78. The topological polar surface area (TPSA) is 62.1 Å². The van der Waals surface area contributed by atoms with Crippen molar-refractivity contribution in [3.63, 3.8) is 0 Å². The van der Waals surface area contributed by atoms with Crippen molar-refractivity contribution in [1.82, 2.24) is 4.90 Å². The van der Waals surface area contributed by atoms with E-state index in [2.05, 4.69) is 48.2 Å². The molecule has 5 nitrogen and oxygen atoms in total. The number of carboxylic acid groups (broad SMARTS) is 1. The molecule has 0 spiro atoms. The van der Waals surface area contributed by atoms with Crippen LogP contribution >= 0.6 is 0 Å². The number of benzene rings is 1. The van der Waals surface area contributed by atoms with Crippen LogP contribution in [0.25, 0.3) is 0 Å². The number of rotatable bonds is 7. The molecule has 1 aromatic rings. The van der Waals surface area contributed by atoms with Crippen molar-refractivity contribution < 1.29 is 14.7 Å². The molecule has 0 aliphatic carbocycles. The van der Waals surface area contributed by atoms with Gasteiger partial charge in [-0.3, -0.25) is 4.79 Å². The summed E-state index contributed by atoms with van der Waals surface area (Å²) in [6.45, 7) is 7.06. The number of unbranched alkanes of at least 4 members (excludes halogenated alkanes) is 1. The number of nitrogens with zero attached hydrogens (tertiary/aromatic N) is 2. The first-order chi connectivity index (χ1) is 12.5. The van der Waals surface area contributed by atoms with Gasteiger partial charge in [-0.25, -0.2) is 0 Å². The van der Waals surface area contributed by atoms with Crippen LogP contribution < -0.4 is 0 Å². The van der Waals surface area contributed by atoms with Crippen LogP contribution in [0.5, 0.6) is 0 Å². The summed E-state index contributed by atoms with van der Waals surface area (Å²) >= 11 is 0. The maximum atomic E-state index is 12.1. The third kappa shape index (κ3) is 4.26. The summed E-state index contributed by atoms with van der Waals surface area (Å²) in [5, 5.41) is 14.2. The maximum Gasteiger partial charge on any atom is 0.309 e. The molecule has 0 radical (unpaired) electrons. The summed E-state index contributed by atoms with van der Waals surface area (Å²) in [6.07, 6.45) is 4.86. The van der Waals surface area contributed by atoms with E-state index in [1.807, 2.05) is 0 Å². The molecule has 142 valence electrons. The lowest BCUT2D eigenvalue weighted by Crippen LogP contribution is -2.46. The van der Waals surface area contributed by atoms with Crippen molar-refractivity contribution in [2.75, 3.05) is 19.6 Å². The zero-order valence-corrected chi connectivity index (χ0v) is 15.9. The number of piperidine rings is 1. The molecular formula is C21H30N2O3. The second-order valence-electron chi connectivity index (χ2n) is 7.82. The molecule has 0 saturated carbocycles. The van der Waals surface area contributed by atoms with Crippen molar-refractivity contribution in [2.45, 2.75) is 58.5 Å². The number of hydrogen-bond donors (Lipinski definition) is 1. The molecule has 0 aromatic heterocycles. The number of likely N-dealkylation sites (tertiary alicyclic amines) is 1. The molecule has 2 heterocycles. The molecule has 3 rings (SSSR count). The summed E-state index contributed by atoms with van der Waals surface area (Å²) in [4.78, 5) is 20.1. The molecule has 1 unspecified atom stereocenters. The minimum atomic E-state index is -0.681. The first-order valence-corrected chi connectivity index (χ1v) is 9.78. The third-order valence-corrected chi connectivity index (χ3v) is 5.83. The van der Waals surface area contributed by atoms with Crippen LogP contribution in [-0.2, 0) is 9.63 Å². The highest BCUT2D eigenvalue weighted by Gasteiger charge is 2.44. The second-order valence-corrected chi connectivity index (χ2v) is 7.82. The number of aryl methyl sites for hydroxylation is 1. The highest BCUT2D eigenvalue weighted by molar-refractivity contribution is 6.01. The normalized spacial score (nSPS) is 22.7. The number of oxime groups is 1. The van der Waals surface area contributed by atoms with E-state index in [4.69, 9.17) is 4.84 Å². The SMILES string of the molecule is CCCCN1CCC(CC2CC(c3ccc(C)cc3)=NO2)(C(=O)O)CC1. The van der Waals surface area contributed by atoms with E-state index in [1.54, 1.807) is 0 Å². The quantitative estimate of drug-likeness (QED) is 0.804. The standard InChI is InChI=1S/C21H30N2O3/c1-3-4-11-23-12-9-21(10-13-23,20(24)25)15-18-14-19(22-26-18)17-7-5-16(2)6-8-17/h5-8,18H,3-4,9-15H2,1-2H3,(H,24,25). The molecule has 2 aliphatic rings. The lowest BCUT2D eigenvalue weighted by Gasteiger charge is -2.39. The molecule has 1 fully saturated rings. The lowest BCUT2D eigenvalue weighted by atomic mass is 9.73. The van der Waals surface area contributed by atoms with Crippen molar-refractivity contribution in [3.05, 3.63) is 35.4 Å². The monoisotopic (exact) mass is 358 g/mol. The molecule has 2 aliphatic heterocycles. The van der Waals surface area contributed by atoms with Gasteiger partial charge in [-0.2, -0.15) is 0 Å². The predicted octanol–water partition coefficient (Wildman–Crippen LogP) is 3.85. The van der Waals surface area contributed by atoms with E-state index >= 15 is 0 Å². The van der Waals surface area contributed by atoms with E-state index in [0.717, 1.165) is 30.9 Å². The predicted molar refractivity (Wildman–Crippen MR) is 102 cm³/mol. The van der Waals surface area contributed by atoms with Gasteiger partial charge in [0.15, 0.2) is 0 Å². The van der Waals surface area contributed by atoms with E-state index < -0.39 is 11.4 Å². The molecule has 1 saturated heterocycles. The molecular weight excluding hydrogens is 328 g/mol. The van der Waals surface area contributed by atoms with E-state index in [0.29, 0.717) is 25.7 Å². The minimum absolute atomic E-state index is 0.135. The lowest BCUT2D eigenvalue weighted by molar-refractivity contribution is -0.155. The molecule has 0 bridgehead atoms. The number of hydrogen-bond acceptors (Lipinski definition) is 4. The van der Waals surface area contributed by atoms with Crippen molar-refractivity contribution in [2.24, 2.45) is 10.6 Å². The van der Waals surface area contributed by atoms with Crippen LogP contribution in [0.15, 0.2) is 29.4 Å². The Morgan fingerprint density at radius 1 is 1.31 bits per heavy atom. The fourth-order valence-corrected chi connectivity index (χ4v) is 3.98. The Kier molecular flexibility index (Phi) is 5.97. The Balaban J connectivity index is 1.58. The summed E-state index contributed by atoms with van der Waals surface area (Å²) in [5.74, 6) is -0.681. The zero-order valence-electron chi connectivity index (χ0n) is 15.9. The van der Waals surface area contributed by atoms with E-state index in [9.17, 15) is 9.90 Å². The van der Waals surface area contributed by atoms with Crippen molar-refractivity contribution >= 4 is 11.7 Å². The number of aliphatic carboxylic acids is 1. The van der Waals surface area contributed by atoms with Gasteiger partial charge < -0.3 is 14.8 Å². The molecule has 26 heavy (non-hydrogen) atoms. The Morgan fingerprint density at radius 2 is 2.00 bits per heavy atom. The van der Waals surface area contributed by atoms with Gasteiger partial charge in [0, 0.05) is 12.8 Å².